The predicted octanol–water partition coefficient (Wildman–Crippen LogP) is 4.16. The first-order valence-electron chi connectivity index (χ1n) is 9.01. The van der Waals surface area contributed by atoms with E-state index in [0.29, 0.717) is 23.1 Å². The Labute approximate surface area is 171 Å². The molecule has 6 nitrogen and oxygen atoms in total. The number of carbonyl (C=O) groups excluding carboxylic acids is 1. The van der Waals surface area contributed by atoms with E-state index in [-0.39, 0.29) is 18.1 Å². The van der Waals surface area contributed by atoms with Gasteiger partial charge in [0.15, 0.2) is 11.5 Å². The fraction of sp³-hybridized carbons (Fsp3) is 0.381. The van der Waals surface area contributed by atoms with Crippen molar-refractivity contribution < 1.29 is 18.7 Å². The molecule has 1 heterocycles. The van der Waals surface area contributed by atoms with Crippen molar-refractivity contribution in [3.8, 4) is 11.5 Å². The molecule has 1 aromatic heterocycles. The highest BCUT2D eigenvalue weighted by molar-refractivity contribution is 6.32. The molecule has 0 aliphatic heterocycles. The van der Waals surface area contributed by atoms with E-state index in [1.54, 1.807) is 31.6 Å². The molecule has 28 heavy (non-hydrogen) atoms. The van der Waals surface area contributed by atoms with Gasteiger partial charge in [0, 0.05) is 12.6 Å². The van der Waals surface area contributed by atoms with E-state index in [2.05, 4.69) is 5.32 Å². The number of carbonyl (C=O) groups is 1. The summed E-state index contributed by atoms with van der Waals surface area (Å²) in [7, 11) is 5.42. The summed E-state index contributed by atoms with van der Waals surface area (Å²) >= 11 is 6.31. The summed E-state index contributed by atoms with van der Waals surface area (Å²) in [5.74, 6) is 1.60. The van der Waals surface area contributed by atoms with E-state index < -0.39 is 0 Å². The molecule has 0 saturated carbocycles. The summed E-state index contributed by atoms with van der Waals surface area (Å²) in [5, 5.41) is 3.32. The Hall–Kier alpha value is -2.44. The average Bonchev–Trinajstić information content (AvgIpc) is 3.15. The van der Waals surface area contributed by atoms with Gasteiger partial charge in [0.25, 0.3) is 0 Å². The lowest BCUT2D eigenvalue weighted by Crippen LogP contribution is -2.33. The van der Waals surface area contributed by atoms with Crippen LogP contribution >= 0.6 is 11.6 Å². The van der Waals surface area contributed by atoms with Crippen molar-refractivity contribution in [3.05, 3.63) is 53.0 Å². The van der Waals surface area contributed by atoms with Gasteiger partial charge in [0.2, 0.25) is 5.91 Å². The molecule has 152 valence electrons. The fourth-order valence-corrected chi connectivity index (χ4v) is 2.90. The van der Waals surface area contributed by atoms with Gasteiger partial charge in [-0.3, -0.25) is 9.69 Å². The molecule has 0 aliphatic carbocycles. The molecule has 0 saturated heterocycles. The van der Waals surface area contributed by atoms with Crippen LogP contribution in [0.25, 0.3) is 6.08 Å². The van der Waals surface area contributed by atoms with Gasteiger partial charge in [-0.15, -0.1) is 0 Å². The monoisotopic (exact) mass is 406 g/mol. The third-order valence-electron chi connectivity index (χ3n) is 4.00. The highest BCUT2D eigenvalue weighted by Crippen LogP contribution is 2.37. The van der Waals surface area contributed by atoms with E-state index >= 15 is 0 Å². The normalized spacial score (nSPS) is 12.6. The zero-order valence-corrected chi connectivity index (χ0v) is 17.6. The highest BCUT2D eigenvalue weighted by atomic mass is 35.5. The Morgan fingerprint density at radius 2 is 2.11 bits per heavy atom. The Morgan fingerprint density at radius 3 is 2.68 bits per heavy atom. The van der Waals surface area contributed by atoms with E-state index in [4.69, 9.17) is 25.5 Å². The van der Waals surface area contributed by atoms with Crippen molar-refractivity contribution in [2.45, 2.75) is 26.0 Å². The first-order chi connectivity index (χ1) is 13.3. The number of likely N-dealkylation sites (N-methyl/N-ethyl adjacent to an activating group) is 1. The van der Waals surface area contributed by atoms with Gasteiger partial charge in [-0.05, 0) is 63.8 Å². The Kier molecular flexibility index (Phi) is 7.96. The van der Waals surface area contributed by atoms with Crippen LogP contribution in [0.4, 0.5) is 0 Å². The number of ether oxygens (including phenoxy) is 2. The summed E-state index contributed by atoms with van der Waals surface area (Å²) < 4.78 is 16.5. The number of halogens is 1. The number of amides is 1. The Balaban J connectivity index is 2.04. The number of furan rings is 1. The number of hydrogen-bond acceptors (Lipinski definition) is 5. The van der Waals surface area contributed by atoms with Crippen LogP contribution in [0.1, 0.15) is 31.2 Å². The van der Waals surface area contributed by atoms with Crippen molar-refractivity contribution in [1.29, 1.82) is 0 Å². The van der Waals surface area contributed by atoms with Gasteiger partial charge in [0.1, 0.15) is 5.76 Å². The van der Waals surface area contributed by atoms with E-state index in [9.17, 15) is 4.79 Å². The van der Waals surface area contributed by atoms with Gasteiger partial charge in [-0.1, -0.05) is 11.6 Å². The molecule has 1 atom stereocenters. The minimum absolute atomic E-state index is 0.0302. The number of methoxy groups -OCH3 is 1. The molecule has 1 unspecified atom stereocenters. The first kappa shape index (κ1) is 21.9. The van der Waals surface area contributed by atoms with Crippen LogP contribution in [-0.4, -0.2) is 44.7 Å². The predicted molar refractivity (Wildman–Crippen MR) is 111 cm³/mol. The van der Waals surface area contributed by atoms with E-state index in [1.807, 2.05) is 45.0 Å². The Morgan fingerprint density at radius 1 is 1.36 bits per heavy atom. The molecule has 2 aromatic rings. The molecule has 0 spiro atoms. The summed E-state index contributed by atoms with van der Waals surface area (Å²) in [6.07, 6.45) is 4.73. The number of nitrogens with one attached hydrogen (secondary N) is 1. The average molecular weight is 407 g/mol. The second-order valence-corrected chi connectivity index (χ2v) is 7.18. The second-order valence-electron chi connectivity index (χ2n) is 6.77. The highest BCUT2D eigenvalue weighted by Gasteiger charge is 2.17. The van der Waals surface area contributed by atoms with Crippen molar-refractivity contribution >= 4 is 23.6 Å². The molecule has 0 fully saturated rings. The maximum atomic E-state index is 12.2. The molecule has 2 rings (SSSR count). The van der Waals surface area contributed by atoms with Crippen LogP contribution in [-0.2, 0) is 4.79 Å². The third kappa shape index (κ3) is 6.04. The molecule has 0 radical (unpaired) electrons. The summed E-state index contributed by atoms with van der Waals surface area (Å²) in [6.45, 7) is 4.25. The maximum absolute atomic E-state index is 12.2. The lowest BCUT2D eigenvalue weighted by atomic mass is 10.1. The van der Waals surface area contributed by atoms with Crippen LogP contribution in [0.3, 0.4) is 0 Å². The standard InChI is InChI=1S/C21H27ClN2O4/c1-14(2)28-21-16(22)11-15(12-19(21)26-5)8-9-20(25)23-13-17(24(3)4)18-7-6-10-27-18/h6-12,14,17H,13H2,1-5H3,(H,23,25)/b9-8+. The molecular formula is C21H27ClN2O4. The lowest BCUT2D eigenvalue weighted by Gasteiger charge is -2.22. The Bertz CT molecular complexity index is 801. The van der Waals surface area contributed by atoms with E-state index in [1.165, 1.54) is 6.08 Å². The third-order valence-corrected chi connectivity index (χ3v) is 4.28. The smallest absolute Gasteiger partial charge is 0.244 e. The largest absolute Gasteiger partial charge is 0.493 e. The zero-order valence-electron chi connectivity index (χ0n) is 16.9. The maximum Gasteiger partial charge on any atom is 0.244 e. The number of nitrogens with zero attached hydrogens (tertiary/aromatic N) is 1. The van der Waals surface area contributed by atoms with Crippen LogP contribution in [0, 0.1) is 0 Å². The minimum Gasteiger partial charge on any atom is -0.493 e. The second kappa shape index (κ2) is 10.2. The summed E-state index contributed by atoms with van der Waals surface area (Å²) in [5.41, 5.74) is 0.739. The van der Waals surface area contributed by atoms with E-state index in [0.717, 1.165) is 11.3 Å². The quantitative estimate of drug-likeness (QED) is 0.633. The topological polar surface area (TPSA) is 63.9 Å². The minimum atomic E-state index is -0.212. The molecule has 1 N–H and O–H groups in total. The molecule has 0 bridgehead atoms. The van der Waals surface area contributed by atoms with Crippen LogP contribution < -0.4 is 14.8 Å². The summed E-state index contributed by atoms with van der Waals surface area (Å²) in [6, 6.07) is 7.18. The molecule has 1 amide bonds. The van der Waals surface area contributed by atoms with Gasteiger partial charge >= 0.3 is 0 Å². The van der Waals surface area contributed by atoms with Crippen molar-refractivity contribution in [3.63, 3.8) is 0 Å². The van der Waals surface area contributed by atoms with Gasteiger partial charge in [-0.2, -0.15) is 0 Å². The molecular weight excluding hydrogens is 380 g/mol. The van der Waals surface area contributed by atoms with Gasteiger partial charge in [-0.25, -0.2) is 0 Å². The molecule has 7 heteroatoms. The van der Waals surface area contributed by atoms with Crippen LogP contribution in [0.2, 0.25) is 5.02 Å². The fourth-order valence-electron chi connectivity index (χ4n) is 2.63. The number of benzene rings is 1. The molecule has 1 aromatic carbocycles. The van der Waals surface area contributed by atoms with Gasteiger partial charge in [0.05, 0.1) is 30.5 Å². The van der Waals surface area contributed by atoms with Gasteiger partial charge < -0.3 is 19.2 Å². The first-order valence-corrected chi connectivity index (χ1v) is 9.39. The SMILES string of the molecule is COc1cc(/C=C/C(=O)NCC(c2ccco2)N(C)C)cc(Cl)c1OC(C)C. The zero-order chi connectivity index (χ0) is 20.7. The van der Waals surface area contributed by atoms with Crippen molar-refractivity contribution in [1.82, 2.24) is 10.2 Å². The lowest BCUT2D eigenvalue weighted by molar-refractivity contribution is -0.116. The van der Waals surface area contributed by atoms with Crippen LogP contribution in [0.5, 0.6) is 11.5 Å². The number of hydrogen-bond donors (Lipinski definition) is 1. The van der Waals surface area contributed by atoms with Crippen molar-refractivity contribution in [2.24, 2.45) is 0 Å². The number of rotatable bonds is 9. The molecule has 0 aliphatic rings. The van der Waals surface area contributed by atoms with Crippen LogP contribution in [0.15, 0.2) is 41.0 Å². The van der Waals surface area contributed by atoms with Crippen molar-refractivity contribution in [2.75, 3.05) is 27.7 Å². The summed E-state index contributed by atoms with van der Waals surface area (Å²) in [4.78, 5) is 14.2.